The first-order valence-electron chi connectivity index (χ1n) is 8.70. The molecule has 142 valence electrons. The maximum atomic E-state index is 13.1. The number of rotatable bonds is 5. The molecule has 0 saturated carbocycles. The smallest absolute Gasteiger partial charge is 0.282 e. The van der Waals surface area contributed by atoms with E-state index in [0.717, 1.165) is 32.0 Å². The third kappa shape index (κ3) is 3.80. The molecule has 1 saturated heterocycles. The molecule has 0 radical (unpaired) electrons. The lowest BCUT2D eigenvalue weighted by Crippen LogP contribution is -2.46. The first kappa shape index (κ1) is 17.5. The number of halogens is 2. The van der Waals surface area contributed by atoms with E-state index in [0.29, 0.717) is 17.9 Å². The number of piperazine rings is 1. The van der Waals surface area contributed by atoms with Crippen LogP contribution >= 0.6 is 0 Å². The Morgan fingerprint density at radius 1 is 1.11 bits per heavy atom. The predicted octanol–water partition coefficient (Wildman–Crippen LogP) is 1.66. The van der Waals surface area contributed by atoms with Crippen LogP contribution < -0.4 is 4.90 Å². The van der Waals surface area contributed by atoms with Crippen molar-refractivity contribution >= 4 is 5.82 Å². The molecule has 4 heterocycles. The van der Waals surface area contributed by atoms with E-state index >= 15 is 0 Å². The van der Waals surface area contributed by atoms with Gasteiger partial charge in [-0.3, -0.25) is 9.58 Å². The SMILES string of the molecule is Cn1cc(CN2CCN(c3cc(-n4cccn4)ncn3)CC2)c(C(F)F)n1. The summed E-state index contributed by atoms with van der Waals surface area (Å²) < 4.78 is 29.4. The van der Waals surface area contributed by atoms with Gasteiger partial charge in [0.05, 0.1) is 0 Å². The second-order valence-electron chi connectivity index (χ2n) is 6.46. The molecule has 0 bridgehead atoms. The molecular weight excluding hydrogens is 354 g/mol. The van der Waals surface area contributed by atoms with Crippen molar-refractivity contribution in [1.82, 2.24) is 34.4 Å². The van der Waals surface area contributed by atoms with Crippen LogP contribution in [0.5, 0.6) is 0 Å². The first-order chi connectivity index (χ1) is 13.1. The van der Waals surface area contributed by atoms with Gasteiger partial charge in [-0.1, -0.05) is 0 Å². The average Bonchev–Trinajstić information content (AvgIpc) is 3.32. The van der Waals surface area contributed by atoms with E-state index in [1.54, 1.807) is 24.1 Å². The highest BCUT2D eigenvalue weighted by molar-refractivity contribution is 5.43. The predicted molar refractivity (Wildman–Crippen MR) is 94.8 cm³/mol. The van der Waals surface area contributed by atoms with Gasteiger partial charge in [0.1, 0.15) is 17.8 Å². The van der Waals surface area contributed by atoms with Crippen LogP contribution in [0.25, 0.3) is 5.82 Å². The normalized spacial score (nSPS) is 15.6. The van der Waals surface area contributed by atoms with Gasteiger partial charge >= 0.3 is 0 Å². The molecular formula is C17H20F2N8. The van der Waals surface area contributed by atoms with Gasteiger partial charge in [-0.25, -0.2) is 23.4 Å². The van der Waals surface area contributed by atoms with E-state index in [4.69, 9.17) is 0 Å². The summed E-state index contributed by atoms with van der Waals surface area (Å²) in [7, 11) is 1.67. The molecule has 3 aromatic heterocycles. The fourth-order valence-electron chi connectivity index (χ4n) is 3.28. The molecule has 0 aromatic carbocycles. The van der Waals surface area contributed by atoms with Crippen molar-refractivity contribution in [3.63, 3.8) is 0 Å². The molecule has 1 aliphatic rings. The minimum absolute atomic E-state index is 0.125. The lowest BCUT2D eigenvalue weighted by molar-refractivity contribution is 0.142. The molecule has 8 nitrogen and oxygen atoms in total. The van der Waals surface area contributed by atoms with Crippen molar-refractivity contribution in [2.75, 3.05) is 31.1 Å². The summed E-state index contributed by atoms with van der Waals surface area (Å²) in [5.41, 5.74) is 0.462. The molecule has 0 atom stereocenters. The van der Waals surface area contributed by atoms with E-state index in [2.05, 4.69) is 30.0 Å². The third-order valence-corrected chi connectivity index (χ3v) is 4.61. The topological polar surface area (TPSA) is 67.9 Å². The van der Waals surface area contributed by atoms with Gasteiger partial charge in [0.2, 0.25) is 0 Å². The van der Waals surface area contributed by atoms with Crippen LogP contribution in [0.2, 0.25) is 0 Å². The van der Waals surface area contributed by atoms with Gasteiger partial charge < -0.3 is 4.90 Å². The van der Waals surface area contributed by atoms with Crippen molar-refractivity contribution in [3.8, 4) is 5.82 Å². The van der Waals surface area contributed by atoms with Crippen LogP contribution in [0.4, 0.5) is 14.6 Å². The Kier molecular flexibility index (Phi) is 4.80. The van der Waals surface area contributed by atoms with Gasteiger partial charge in [-0.2, -0.15) is 10.2 Å². The van der Waals surface area contributed by atoms with Crippen LogP contribution in [0.15, 0.2) is 37.1 Å². The molecule has 27 heavy (non-hydrogen) atoms. The number of nitrogens with zero attached hydrogens (tertiary/aromatic N) is 8. The zero-order chi connectivity index (χ0) is 18.8. The van der Waals surface area contributed by atoms with Gasteiger partial charge in [0, 0.05) is 70.0 Å². The highest BCUT2D eigenvalue weighted by Crippen LogP contribution is 2.23. The minimum atomic E-state index is -2.55. The third-order valence-electron chi connectivity index (χ3n) is 4.61. The second-order valence-corrected chi connectivity index (χ2v) is 6.46. The molecule has 1 fully saturated rings. The van der Waals surface area contributed by atoms with E-state index in [1.807, 2.05) is 18.3 Å². The largest absolute Gasteiger partial charge is 0.354 e. The van der Waals surface area contributed by atoms with Crippen molar-refractivity contribution in [1.29, 1.82) is 0 Å². The van der Waals surface area contributed by atoms with E-state index < -0.39 is 6.43 Å². The molecule has 10 heteroatoms. The van der Waals surface area contributed by atoms with E-state index in [1.165, 1.54) is 11.0 Å². The molecule has 0 aliphatic carbocycles. The van der Waals surface area contributed by atoms with Crippen molar-refractivity contribution in [3.05, 3.63) is 48.3 Å². The zero-order valence-corrected chi connectivity index (χ0v) is 14.9. The second kappa shape index (κ2) is 7.39. The van der Waals surface area contributed by atoms with Gasteiger partial charge in [-0.05, 0) is 6.07 Å². The molecule has 0 unspecified atom stereocenters. The van der Waals surface area contributed by atoms with Crippen molar-refractivity contribution < 1.29 is 8.78 Å². The summed E-state index contributed by atoms with van der Waals surface area (Å²) in [4.78, 5) is 12.9. The van der Waals surface area contributed by atoms with Crippen LogP contribution in [-0.2, 0) is 13.6 Å². The fourth-order valence-corrected chi connectivity index (χ4v) is 3.28. The van der Waals surface area contributed by atoms with Crippen LogP contribution in [0.1, 0.15) is 17.7 Å². The molecule has 3 aromatic rings. The monoisotopic (exact) mass is 374 g/mol. The molecule has 0 spiro atoms. The maximum absolute atomic E-state index is 13.1. The summed E-state index contributed by atoms with van der Waals surface area (Å²) in [6, 6.07) is 3.74. The number of aryl methyl sites for hydroxylation is 1. The Balaban J connectivity index is 1.40. The fraction of sp³-hybridized carbons (Fsp3) is 0.412. The number of alkyl halides is 2. The van der Waals surface area contributed by atoms with Gasteiger partial charge in [-0.15, -0.1) is 0 Å². The Morgan fingerprint density at radius 3 is 2.59 bits per heavy atom. The molecule has 0 amide bonds. The maximum Gasteiger partial charge on any atom is 0.282 e. The van der Waals surface area contributed by atoms with Crippen molar-refractivity contribution in [2.45, 2.75) is 13.0 Å². The van der Waals surface area contributed by atoms with Crippen LogP contribution in [-0.4, -0.2) is 60.6 Å². The van der Waals surface area contributed by atoms with Crippen LogP contribution in [0.3, 0.4) is 0 Å². The summed E-state index contributed by atoms with van der Waals surface area (Å²) in [5.74, 6) is 1.55. The first-order valence-corrected chi connectivity index (χ1v) is 8.70. The Labute approximate surface area is 155 Å². The minimum Gasteiger partial charge on any atom is -0.354 e. The number of anilines is 1. The summed E-state index contributed by atoms with van der Waals surface area (Å²) in [6.45, 7) is 3.53. The highest BCUT2D eigenvalue weighted by Gasteiger charge is 2.23. The Morgan fingerprint density at radius 2 is 1.89 bits per heavy atom. The van der Waals surface area contributed by atoms with Crippen LogP contribution in [0, 0.1) is 0 Å². The van der Waals surface area contributed by atoms with Gasteiger partial charge in [0.15, 0.2) is 5.82 Å². The molecule has 4 rings (SSSR count). The van der Waals surface area contributed by atoms with Crippen molar-refractivity contribution in [2.24, 2.45) is 7.05 Å². The number of aromatic nitrogens is 6. The van der Waals surface area contributed by atoms with E-state index in [9.17, 15) is 8.78 Å². The Hall–Kier alpha value is -2.88. The Bertz CT molecular complexity index is 884. The standard InChI is InChI=1S/C17H20F2N8/c1-24-10-13(16(23-24)17(18)19)11-25-5-7-26(8-6-25)14-9-15(21-12-20-14)27-4-2-3-22-27/h2-4,9-10,12,17H,5-8,11H2,1H3. The zero-order valence-electron chi connectivity index (χ0n) is 14.9. The lowest BCUT2D eigenvalue weighted by Gasteiger charge is -2.35. The van der Waals surface area contributed by atoms with Gasteiger partial charge in [0.25, 0.3) is 6.43 Å². The number of hydrogen-bond acceptors (Lipinski definition) is 6. The summed E-state index contributed by atoms with van der Waals surface area (Å²) >= 11 is 0. The summed E-state index contributed by atoms with van der Waals surface area (Å²) in [5, 5.41) is 8.06. The summed E-state index contributed by atoms with van der Waals surface area (Å²) in [6.07, 6.45) is 4.19. The van der Waals surface area contributed by atoms with E-state index in [-0.39, 0.29) is 5.69 Å². The molecule has 1 aliphatic heterocycles. The molecule has 0 N–H and O–H groups in total. The lowest BCUT2D eigenvalue weighted by atomic mass is 10.2. The highest BCUT2D eigenvalue weighted by atomic mass is 19.3. The number of hydrogen-bond donors (Lipinski definition) is 0. The quantitative estimate of drug-likeness (QED) is 0.677. The average molecular weight is 374 g/mol.